The number of aliphatic carboxylic acids is 2. The molecule has 0 fully saturated rings. The molecule has 8 N–H and O–H groups in total. The number of rotatable bonds is 39. The normalized spacial score (nSPS) is 13.5. The fourth-order valence-electron chi connectivity index (χ4n) is 13.3. The van der Waals surface area contributed by atoms with Gasteiger partial charge in [-0.15, -0.1) is 46.4 Å². The summed E-state index contributed by atoms with van der Waals surface area (Å²) in [6.07, 6.45) is 3.18. The fraction of sp³-hybridized carbons (Fsp3) is 0.552. The second kappa shape index (κ2) is 69.0. The van der Waals surface area contributed by atoms with E-state index in [0.717, 1.165) is 73.1 Å². The van der Waals surface area contributed by atoms with Gasteiger partial charge in [0.05, 0.1) is 31.8 Å². The Morgan fingerprint density at radius 1 is 0.353 bits per heavy atom. The smallest absolute Gasteiger partial charge is 0.335 e. The number of nitrogens with zero attached hydrogens (tertiary/aromatic N) is 1. The first-order valence-corrected chi connectivity index (χ1v) is 50.2. The number of esters is 5. The standard InChI is InChI=1S/3C18H25Cl2NO4.C18H23Cl2NO4.C15H17ClO5.C9H6ClNO2.C4H6O6.5CH4.H2S/c4*1-18(2,3)25-17(22)9-13(21-6-4-5-19)7-12-8-15-16(10-14(12)20)24-11-23-15;1-15(2,3)21-14(18)6-10(17)4-9-5-12-13(7-11(9)16)20-8-19-12;10-7-4-9-8(12-5-13-9)3-6(7)1-2-11;5-1(3(7)8)2(6)4(9)10;;;;;;/h3*8,10,13,21H,4-7,9,11H2,1-3H3;8-10,21H,4-7,11H2,1-3H3;5,7H,4,6,8H2,1-3H3;3-4H,1,5H2;1-2,5-6H,(H,7,8)(H,9,10);5*1H4;1H2/b;;;13-9-;;;;;;;;;/t2*13-;;;;;1-,2-;;;;;;/m11....1....../s1. The molecule has 12 rings (SSSR count). The molecule has 0 radical (unpaired) electrons. The molecule has 0 aromatic heterocycles. The number of carboxylic acid groups (broad SMARTS) is 2. The van der Waals surface area contributed by atoms with Crippen LogP contribution in [0.15, 0.2) is 84.6 Å². The molecule has 6 aromatic rings. The number of nitriles is 1. The van der Waals surface area contributed by atoms with Crippen molar-refractivity contribution in [3.8, 4) is 75.1 Å². The van der Waals surface area contributed by atoms with E-state index in [1.165, 1.54) is 6.08 Å². The second-order valence-electron chi connectivity index (χ2n) is 37.6. The van der Waals surface area contributed by atoms with E-state index in [1.807, 2.05) is 113 Å². The largest absolute Gasteiger partial charge is 0.479 e. The van der Waals surface area contributed by atoms with Crippen LogP contribution >= 0.6 is 130 Å². The summed E-state index contributed by atoms with van der Waals surface area (Å²) in [6, 6.07) is 22.9. The summed E-state index contributed by atoms with van der Waals surface area (Å²) in [5.41, 5.74) is 2.95. The molecule has 6 aliphatic heterocycles. The first kappa shape index (κ1) is 141. The van der Waals surface area contributed by atoms with E-state index in [9.17, 15) is 38.4 Å². The SMILES string of the molecule is C.C.C.C.C.CC(C)(C)OC(=O)/C=C(/Cc1cc2c(cc1Cl)OCO2)NCCCCl.CC(C)(C)OC(=O)CC(=O)Cc1cc2c(cc1Cl)OCO2.CC(C)(C)OC(=O)CC(Cc1cc2c(cc1Cl)OCO2)NCCCCl.CC(C)(C)OC(=O)C[C@@H](Cc1cc2c(cc1Cl)OCO2)NCCCCl.CC(C)(C)OC(=O)C[C@@H](Cc1cc2c(cc1Cl)OCO2)NCCCCl.N#CCc1cc2c(cc1Cl)OCO2.O=C(O)[C@H](O)[C@@H](O)C(=O)O.S. The van der Waals surface area contributed by atoms with Gasteiger partial charge in [-0.05, 0) is 238 Å². The number of aliphatic hydroxyl groups is 2. The molecule has 34 nitrogen and oxygen atoms in total. The number of hydrogen-bond acceptors (Lipinski definition) is 32. The predicted molar refractivity (Wildman–Crippen MR) is 590 cm³/mol. The van der Waals surface area contributed by atoms with Gasteiger partial charge in [-0.1, -0.05) is 107 Å². The lowest BCUT2D eigenvalue weighted by Crippen LogP contribution is -2.39. The minimum absolute atomic E-state index is 0. The molecule has 0 saturated carbocycles. The minimum atomic E-state index is -2.27. The Hall–Kier alpha value is -9.04. The monoisotopic (exact) mass is 2330 g/mol. The molecular weight excluding hydrogens is 2180 g/mol. The number of benzene rings is 6. The maximum atomic E-state index is 12.2. The highest BCUT2D eigenvalue weighted by Gasteiger charge is 2.33. The van der Waals surface area contributed by atoms with Gasteiger partial charge in [0.1, 0.15) is 40.2 Å². The molecule has 0 spiro atoms. The number of halogens is 10. The number of hydrogen-bond donors (Lipinski definition) is 8. The summed E-state index contributed by atoms with van der Waals surface area (Å²) < 4.78 is 90.4. The highest BCUT2D eigenvalue weighted by Crippen LogP contribution is 2.44. The van der Waals surface area contributed by atoms with E-state index in [0.29, 0.717) is 166 Å². The molecule has 0 amide bonds. The van der Waals surface area contributed by atoms with Gasteiger partial charge in [-0.25, -0.2) is 14.4 Å². The van der Waals surface area contributed by atoms with Crippen LogP contribution in [0.2, 0.25) is 30.1 Å². The molecule has 0 saturated heterocycles. The fourth-order valence-corrected chi connectivity index (χ4v) is 15.2. The minimum Gasteiger partial charge on any atom is -0.479 e. The molecule has 45 heteroatoms. The zero-order chi connectivity index (χ0) is 107. The van der Waals surface area contributed by atoms with Crippen LogP contribution in [0.5, 0.6) is 69.0 Å². The van der Waals surface area contributed by atoms with Crippen molar-refractivity contribution in [2.75, 3.05) is 90.5 Å². The van der Waals surface area contributed by atoms with E-state index in [-0.39, 0.29) is 172 Å². The summed E-state index contributed by atoms with van der Waals surface area (Å²) in [6.45, 7) is 31.4. The molecule has 6 heterocycles. The van der Waals surface area contributed by atoms with Gasteiger partial charge >= 0.3 is 41.8 Å². The van der Waals surface area contributed by atoms with Gasteiger partial charge in [-0.3, -0.25) is 24.0 Å². The molecule has 0 bridgehead atoms. The van der Waals surface area contributed by atoms with Crippen LogP contribution in [-0.4, -0.2) is 217 Å². The number of ether oxygens (including phenoxy) is 17. The van der Waals surface area contributed by atoms with Crippen LogP contribution in [0, 0.1) is 11.3 Å². The van der Waals surface area contributed by atoms with Crippen molar-refractivity contribution in [2.45, 2.75) is 289 Å². The Morgan fingerprint density at radius 2 is 0.580 bits per heavy atom. The van der Waals surface area contributed by atoms with Gasteiger partial charge in [0.15, 0.2) is 81.2 Å². The van der Waals surface area contributed by atoms with E-state index in [4.69, 9.17) is 222 Å². The van der Waals surface area contributed by atoms with Crippen LogP contribution in [0.3, 0.4) is 0 Å². The lowest BCUT2D eigenvalue weighted by Gasteiger charge is -2.23. The number of ketones is 1. The molecular formula is C105H149Cl10N5O29S. The molecule has 6 aliphatic rings. The summed E-state index contributed by atoms with van der Waals surface area (Å²) in [5.74, 6) is 4.44. The first-order valence-electron chi connectivity index (χ1n) is 45.8. The number of carbonyl (C=O) groups excluding carboxylic acids is 6. The highest BCUT2D eigenvalue weighted by molar-refractivity contribution is 7.59. The zero-order valence-electron chi connectivity index (χ0n) is 83.4. The number of carbonyl (C=O) groups is 8. The van der Waals surface area contributed by atoms with Crippen LogP contribution in [0.4, 0.5) is 0 Å². The molecule has 844 valence electrons. The third-order valence-corrected chi connectivity index (χ3v) is 22.5. The van der Waals surface area contributed by atoms with Crippen LogP contribution < -0.4 is 78.1 Å². The van der Waals surface area contributed by atoms with Gasteiger partial charge in [0.25, 0.3) is 0 Å². The Kier molecular flexibility index (Phi) is 64.8. The predicted octanol–water partition coefficient (Wildman–Crippen LogP) is 22.1. The lowest BCUT2D eigenvalue weighted by atomic mass is 10.0. The molecule has 1 unspecified atom stereocenters. The van der Waals surface area contributed by atoms with Gasteiger partial charge in [0.2, 0.25) is 40.8 Å². The quantitative estimate of drug-likeness (QED) is 0.00444. The van der Waals surface area contributed by atoms with Crippen molar-refractivity contribution in [3.63, 3.8) is 0 Å². The zero-order valence-corrected chi connectivity index (χ0v) is 92.0. The van der Waals surface area contributed by atoms with E-state index >= 15 is 0 Å². The van der Waals surface area contributed by atoms with Crippen molar-refractivity contribution in [1.82, 2.24) is 21.3 Å². The van der Waals surface area contributed by atoms with E-state index in [2.05, 4.69) is 21.3 Å². The van der Waals surface area contributed by atoms with Gasteiger partial charge in [-0.2, -0.15) is 18.8 Å². The summed E-state index contributed by atoms with van der Waals surface area (Å²) in [5, 5.41) is 57.7. The Balaban J connectivity index is 0.00000174. The molecule has 150 heavy (non-hydrogen) atoms. The molecule has 6 aromatic carbocycles. The van der Waals surface area contributed by atoms with Gasteiger partial charge in [0, 0.05) is 139 Å². The van der Waals surface area contributed by atoms with Crippen LogP contribution in [0.25, 0.3) is 0 Å². The number of fused-ring (bicyclic) bond motifs is 6. The maximum absolute atomic E-state index is 12.2. The number of carboxylic acids is 2. The Bertz CT molecular complexity index is 5090. The average Bonchev–Trinajstić information content (AvgIpc) is 1.65. The van der Waals surface area contributed by atoms with Crippen molar-refractivity contribution < 1.29 is 139 Å². The number of aliphatic hydroxyl groups excluding tert-OH is 2. The number of Topliss-reactive ketones (excluding diaryl/α,β-unsaturated/α-hetero) is 1. The van der Waals surface area contributed by atoms with Crippen molar-refractivity contribution in [1.29, 1.82) is 5.26 Å². The van der Waals surface area contributed by atoms with Crippen molar-refractivity contribution in [3.05, 3.63) is 148 Å². The average molecular weight is 2330 g/mol. The van der Waals surface area contributed by atoms with Gasteiger partial charge < -0.3 is 122 Å². The number of alkyl halides is 4. The van der Waals surface area contributed by atoms with E-state index < -0.39 is 64.1 Å². The first-order chi connectivity index (χ1) is 67.6. The topological polar surface area (TPSA) is 446 Å². The molecule has 5 atom stereocenters. The summed E-state index contributed by atoms with van der Waals surface area (Å²) in [7, 11) is 0. The number of nitrogens with one attached hydrogen (secondary N) is 4. The van der Waals surface area contributed by atoms with Crippen molar-refractivity contribution >= 4 is 177 Å². The second-order valence-corrected chi connectivity index (χ2v) is 41.5. The third-order valence-electron chi connectivity index (χ3n) is 19.3. The maximum Gasteiger partial charge on any atom is 0.335 e. The van der Waals surface area contributed by atoms with Crippen molar-refractivity contribution in [2.24, 2.45) is 0 Å². The third kappa shape index (κ3) is 53.2. The Labute approximate surface area is 938 Å². The highest BCUT2D eigenvalue weighted by atomic mass is 35.5. The van der Waals surface area contributed by atoms with Crippen LogP contribution in [0.1, 0.15) is 226 Å². The van der Waals surface area contributed by atoms with Crippen LogP contribution in [-0.2, 0) is 101 Å². The number of allylic oxidation sites excluding steroid dienone is 1. The Morgan fingerprint density at radius 3 is 0.833 bits per heavy atom. The van der Waals surface area contributed by atoms with E-state index in [1.54, 1.807) is 69.3 Å². The lowest BCUT2D eigenvalue weighted by molar-refractivity contribution is -0.165. The molecule has 0 aliphatic carbocycles. The summed E-state index contributed by atoms with van der Waals surface area (Å²) in [4.78, 5) is 91.8. The summed E-state index contributed by atoms with van der Waals surface area (Å²) >= 11 is 60.3.